The molecule has 0 aliphatic carbocycles. The number of rotatable bonds is 9. The van der Waals surface area contributed by atoms with Crippen LogP contribution in [0.4, 0.5) is 0 Å². The maximum atomic E-state index is 11.2. The van der Waals surface area contributed by atoms with Crippen LogP contribution in [0.2, 0.25) is 5.82 Å². The normalized spacial score (nSPS) is 11.7. The van der Waals surface area contributed by atoms with Gasteiger partial charge in [0.15, 0.2) is 0 Å². The molecular weight excluding hydrogens is 293 g/mol. The van der Waals surface area contributed by atoms with Crippen molar-refractivity contribution in [3.05, 3.63) is 65.7 Å². The summed E-state index contributed by atoms with van der Waals surface area (Å²) in [4.78, 5) is 11.2. The summed E-state index contributed by atoms with van der Waals surface area (Å²) in [5.74, 6) is -0.736. The fourth-order valence-electron chi connectivity index (χ4n) is 2.18. The van der Waals surface area contributed by atoms with Crippen molar-refractivity contribution >= 4 is 13.5 Å². The largest absolute Gasteiger partial charge is 0.489 e. The van der Waals surface area contributed by atoms with Gasteiger partial charge in [-0.15, -0.1) is 0 Å². The first-order valence-electron chi connectivity index (χ1n) is 7.45. The van der Waals surface area contributed by atoms with E-state index in [4.69, 9.17) is 15.1 Å². The fourth-order valence-corrected chi connectivity index (χ4v) is 2.18. The summed E-state index contributed by atoms with van der Waals surface area (Å²) in [6.07, 6.45) is 0.397. The molecule has 2 aromatic rings. The van der Waals surface area contributed by atoms with Gasteiger partial charge in [-0.2, -0.15) is 0 Å². The van der Waals surface area contributed by atoms with Gasteiger partial charge in [0.25, 0.3) is 7.48 Å². The van der Waals surface area contributed by atoms with Crippen LogP contribution in [0.3, 0.4) is 0 Å². The molecule has 0 radical (unpaired) electrons. The molecule has 0 saturated carbocycles. The van der Waals surface area contributed by atoms with Crippen molar-refractivity contribution in [3.8, 4) is 5.75 Å². The Morgan fingerprint density at radius 2 is 1.78 bits per heavy atom. The predicted octanol–water partition coefficient (Wildman–Crippen LogP) is 1.97. The van der Waals surface area contributed by atoms with Crippen LogP contribution >= 0.6 is 0 Å². The number of hydrogen-bond acceptors (Lipinski definition) is 4. The van der Waals surface area contributed by atoms with Crippen LogP contribution < -0.4 is 10.5 Å². The highest BCUT2D eigenvalue weighted by molar-refractivity contribution is 6.36. The number of nitrogens with two attached hydrogens (primary N) is 1. The summed E-state index contributed by atoms with van der Waals surface area (Å²) in [5, 5.41) is 9.18. The van der Waals surface area contributed by atoms with Crippen LogP contribution in [-0.2, 0) is 22.5 Å². The SMILES string of the molecule is NCOB[C@@H](Cc1ccc(OCc2ccccc2)cc1)C(=O)O. The second kappa shape index (κ2) is 8.97. The number of carbonyl (C=O) groups is 1. The highest BCUT2D eigenvalue weighted by atomic mass is 16.5. The average molecular weight is 313 g/mol. The van der Waals surface area contributed by atoms with E-state index in [0.29, 0.717) is 13.0 Å². The van der Waals surface area contributed by atoms with Crippen LogP contribution in [-0.4, -0.2) is 25.3 Å². The van der Waals surface area contributed by atoms with Crippen LogP contribution in [0.1, 0.15) is 11.1 Å². The number of carboxylic acids is 1. The van der Waals surface area contributed by atoms with E-state index in [1.807, 2.05) is 54.6 Å². The third-order valence-electron chi connectivity index (χ3n) is 3.44. The number of hydrogen-bond donors (Lipinski definition) is 2. The minimum atomic E-state index is -0.886. The Kier molecular flexibility index (Phi) is 6.65. The van der Waals surface area contributed by atoms with Crippen molar-refractivity contribution in [3.63, 3.8) is 0 Å². The average Bonchev–Trinajstić information content (AvgIpc) is 2.58. The first-order chi connectivity index (χ1) is 11.2. The summed E-state index contributed by atoms with van der Waals surface area (Å²) < 4.78 is 10.7. The van der Waals surface area contributed by atoms with E-state index in [-0.39, 0.29) is 14.2 Å². The van der Waals surface area contributed by atoms with Crippen LogP contribution in [0.25, 0.3) is 0 Å². The standard InChI is InChI=1S/C17H20BNO4/c19-12-23-18-16(17(20)21)10-13-6-8-15(9-7-13)22-11-14-4-2-1-3-5-14/h1-9,16,18H,10-12,19H2,(H,20,21)/t16-/m0/s1. The van der Waals surface area contributed by atoms with Gasteiger partial charge in [-0.1, -0.05) is 42.5 Å². The maximum absolute atomic E-state index is 11.2. The summed E-state index contributed by atoms with van der Waals surface area (Å²) >= 11 is 0. The molecule has 6 heteroatoms. The van der Waals surface area contributed by atoms with Gasteiger partial charge in [0.1, 0.15) is 12.4 Å². The zero-order chi connectivity index (χ0) is 16.5. The first-order valence-corrected chi connectivity index (χ1v) is 7.45. The molecule has 5 nitrogen and oxygen atoms in total. The van der Waals surface area contributed by atoms with Gasteiger partial charge in [0.2, 0.25) is 0 Å². The van der Waals surface area contributed by atoms with Crippen molar-refractivity contribution in [2.24, 2.45) is 5.73 Å². The molecule has 0 heterocycles. The highest BCUT2D eigenvalue weighted by Crippen LogP contribution is 2.18. The van der Waals surface area contributed by atoms with E-state index < -0.39 is 11.8 Å². The predicted molar refractivity (Wildman–Crippen MR) is 89.6 cm³/mol. The van der Waals surface area contributed by atoms with Crippen molar-refractivity contribution in [1.29, 1.82) is 0 Å². The number of ether oxygens (including phenoxy) is 1. The number of benzene rings is 2. The molecule has 0 saturated heterocycles. The maximum Gasteiger partial charge on any atom is 0.301 e. The van der Waals surface area contributed by atoms with E-state index >= 15 is 0 Å². The monoisotopic (exact) mass is 313 g/mol. The second-order valence-corrected chi connectivity index (χ2v) is 5.19. The van der Waals surface area contributed by atoms with Crippen LogP contribution in [0, 0.1) is 0 Å². The highest BCUT2D eigenvalue weighted by Gasteiger charge is 2.20. The lowest BCUT2D eigenvalue weighted by molar-refractivity contribution is -0.137. The lowest BCUT2D eigenvalue weighted by atomic mass is 9.76. The molecule has 0 aliphatic rings. The molecule has 0 unspecified atom stereocenters. The van der Waals surface area contributed by atoms with Gasteiger partial charge >= 0.3 is 5.97 Å². The first kappa shape index (κ1) is 17.1. The molecular formula is C17H20BNO4. The molecule has 0 spiro atoms. The number of aliphatic carboxylic acids is 1. The zero-order valence-corrected chi connectivity index (χ0v) is 12.9. The molecule has 0 fully saturated rings. The van der Waals surface area contributed by atoms with Crippen LogP contribution in [0.15, 0.2) is 54.6 Å². The fraction of sp³-hybridized carbons (Fsp3) is 0.235. The number of carboxylic acid groups (broad SMARTS) is 1. The molecule has 0 bridgehead atoms. The van der Waals surface area contributed by atoms with Gasteiger partial charge in [0.05, 0.1) is 12.5 Å². The molecule has 120 valence electrons. The van der Waals surface area contributed by atoms with E-state index in [2.05, 4.69) is 0 Å². The Balaban J connectivity index is 1.89. The molecule has 3 N–H and O–H groups in total. The summed E-state index contributed by atoms with van der Waals surface area (Å²) in [6.45, 7) is 0.526. The van der Waals surface area contributed by atoms with E-state index in [0.717, 1.165) is 16.9 Å². The van der Waals surface area contributed by atoms with Crippen molar-refractivity contribution in [2.45, 2.75) is 18.8 Å². The van der Waals surface area contributed by atoms with Crippen molar-refractivity contribution in [1.82, 2.24) is 0 Å². The van der Waals surface area contributed by atoms with Gasteiger partial charge in [-0.3, -0.25) is 4.79 Å². The summed E-state index contributed by atoms with van der Waals surface area (Å²) in [6, 6.07) is 17.4. The van der Waals surface area contributed by atoms with E-state index in [9.17, 15) is 9.90 Å². The quantitative estimate of drug-likeness (QED) is 0.546. The van der Waals surface area contributed by atoms with Gasteiger partial charge in [-0.25, -0.2) is 0 Å². The van der Waals surface area contributed by atoms with Gasteiger partial charge in [0, 0.05) is 0 Å². The minimum absolute atomic E-state index is 0.0239. The zero-order valence-electron chi connectivity index (χ0n) is 12.9. The Morgan fingerprint density at radius 3 is 2.39 bits per heavy atom. The molecule has 0 amide bonds. The second-order valence-electron chi connectivity index (χ2n) is 5.19. The van der Waals surface area contributed by atoms with Crippen LogP contribution in [0.5, 0.6) is 5.75 Å². The minimum Gasteiger partial charge on any atom is -0.489 e. The lowest BCUT2D eigenvalue weighted by Gasteiger charge is -2.11. The third-order valence-corrected chi connectivity index (χ3v) is 3.44. The Bertz CT molecular complexity index is 604. The third kappa shape index (κ3) is 5.77. The van der Waals surface area contributed by atoms with Crippen molar-refractivity contribution in [2.75, 3.05) is 6.73 Å². The Morgan fingerprint density at radius 1 is 1.09 bits per heavy atom. The van der Waals surface area contributed by atoms with Gasteiger partial charge < -0.3 is 20.2 Å². The topological polar surface area (TPSA) is 81.8 Å². The Labute approximate surface area is 136 Å². The van der Waals surface area contributed by atoms with Gasteiger partial charge in [-0.05, 0) is 29.7 Å². The summed E-state index contributed by atoms with van der Waals surface area (Å²) in [5.41, 5.74) is 7.26. The molecule has 2 rings (SSSR count). The molecule has 23 heavy (non-hydrogen) atoms. The molecule has 0 aromatic heterocycles. The smallest absolute Gasteiger partial charge is 0.301 e. The summed E-state index contributed by atoms with van der Waals surface area (Å²) in [7, 11) is 0.109. The lowest BCUT2D eigenvalue weighted by Crippen LogP contribution is -2.21. The van der Waals surface area contributed by atoms with Crippen molar-refractivity contribution < 1.29 is 19.3 Å². The molecule has 1 atom stereocenters. The van der Waals surface area contributed by atoms with E-state index in [1.165, 1.54) is 0 Å². The Hall–Kier alpha value is -2.31. The molecule has 0 aliphatic heterocycles. The molecule has 2 aromatic carbocycles. The van der Waals surface area contributed by atoms with E-state index in [1.54, 1.807) is 0 Å².